The van der Waals surface area contributed by atoms with Gasteiger partial charge in [0.2, 0.25) is 0 Å². The van der Waals surface area contributed by atoms with E-state index < -0.39 is 0 Å². The first-order valence-electron chi connectivity index (χ1n) is 6.63. The topological polar surface area (TPSA) is 61.3 Å². The number of hydrogen-bond donors (Lipinski definition) is 2. The van der Waals surface area contributed by atoms with Gasteiger partial charge in [-0.2, -0.15) is 0 Å². The number of nitrogen functional groups attached to an aromatic ring is 2. The van der Waals surface area contributed by atoms with E-state index in [-0.39, 0.29) is 0 Å². The van der Waals surface area contributed by atoms with E-state index >= 15 is 0 Å². The fourth-order valence-electron chi connectivity index (χ4n) is 1.21. The van der Waals surface area contributed by atoms with Gasteiger partial charge in [-0.25, -0.2) is 0 Å². The molecule has 2 rings (SSSR count). The molecule has 3 heteroatoms. The van der Waals surface area contributed by atoms with Gasteiger partial charge < -0.3 is 16.2 Å². The van der Waals surface area contributed by atoms with E-state index in [4.69, 9.17) is 16.2 Å². The largest absolute Gasteiger partial charge is 0.457 e. The highest BCUT2D eigenvalue weighted by molar-refractivity contribution is 5.45. The summed E-state index contributed by atoms with van der Waals surface area (Å²) in [6.07, 6.45) is 0. The van der Waals surface area contributed by atoms with Crippen LogP contribution in [0.15, 0.2) is 48.5 Å². The molecule has 0 unspecified atom stereocenters. The summed E-state index contributed by atoms with van der Waals surface area (Å²) in [6.45, 7) is 8.00. The quantitative estimate of drug-likeness (QED) is 0.770. The van der Waals surface area contributed by atoms with Crippen LogP contribution in [-0.2, 0) is 0 Å². The molecule has 0 aliphatic rings. The molecule has 0 aliphatic heterocycles. The summed E-state index contributed by atoms with van der Waals surface area (Å²) in [5.74, 6) is 1.52. The molecule has 0 aromatic heterocycles. The van der Waals surface area contributed by atoms with Gasteiger partial charge >= 0.3 is 0 Å². The van der Waals surface area contributed by atoms with E-state index in [1.807, 2.05) is 52.0 Å². The molecule has 2 aromatic rings. The van der Waals surface area contributed by atoms with E-state index in [0.29, 0.717) is 0 Å². The van der Waals surface area contributed by atoms with Crippen LogP contribution in [0, 0.1) is 0 Å². The van der Waals surface area contributed by atoms with Crippen molar-refractivity contribution in [1.82, 2.24) is 0 Å². The number of hydrogen-bond acceptors (Lipinski definition) is 3. The Morgan fingerprint density at radius 1 is 0.579 bits per heavy atom. The Hall–Kier alpha value is -2.16. The van der Waals surface area contributed by atoms with Crippen molar-refractivity contribution in [2.24, 2.45) is 0 Å². The standard InChI is InChI=1S/C12H12N2O.2C2H6/c13-9-1-5-11(6-2-9)15-12-7-3-10(14)4-8-12;2*1-2/h1-8H,13-14H2;2*1-2H3. The molecular weight excluding hydrogens is 236 g/mol. The minimum absolute atomic E-state index is 0.722. The van der Waals surface area contributed by atoms with E-state index in [1.165, 1.54) is 0 Å². The molecule has 104 valence electrons. The minimum Gasteiger partial charge on any atom is -0.457 e. The van der Waals surface area contributed by atoms with Crippen LogP contribution in [0.4, 0.5) is 11.4 Å². The van der Waals surface area contributed by atoms with Crippen LogP contribution >= 0.6 is 0 Å². The van der Waals surface area contributed by atoms with Gasteiger partial charge in [-0.05, 0) is 48.5 Å². The molecule has 4 N–H and O–H groups in total. The zero-order valence-electron chi connectivity index (χ0n) is 12.2. The van der Waals surface area contributed by atoms with Gasteiger partial charge in [-0.3, -0.25) is 0 Å². The van der Waals surface area contributed by atoms with Gasteiger partial charge in [0, 0.05) is 11.4 Å². The summed E-state index contributed by atoms with van der Waals surface area (Å²) in [5.41, 5.74) is 12.6. The second-order valence-electron chi connectivity index (χ2n) is 3.24. The lowest BCUT2D eigenvalue weighted by molar-refractivity contribution is 0.483. The third-order valence-electron chi connectivity index (χ3n) is 2.00. The molecule has 0 heterocycles. The second kappa shape index (κ2) is 9.83. The molecule has 0 amide bonds. The van der Waals surface area contributed by atoms with Gasteiger partial charge in [0.1, 0.15) is 11.5 Å². The SMILES string of the molecule is CC.CC.Nc1ccc(Oc2ccc(N)cc2)cc1. The lowest BCUT2D eigenvalue weighted by Crippen LogP contribution is -1.87. The Labute approximate surface area is 116 Å². The molecule has 0 bridgehead atoms. The van der Waals surface area contributed by atoms with Crippen molar-refractivity contribution >= 4 is 11.4 Å². The summed E-state index contributed by atoms with van der Waals surface area (Å²) in [4.78, 5) is 0. The van der Waals surface area contributed by atoms with Crippen molar-refractivity contribution in [2.45, 2.75) is 27.7 Å². The molecule has 0 spiro atoms. The van der Waals surface area contributed by atoms with Gasteiger partial charge in [0.05, 0.1) is 0 Å². The number of rotatable bonds is 2. The molecule has 0 saturated carbocycles. The summed E-state index contributed by atoms with van der Waals surface area (Å²) in [6, 6.07) is 14.5. The Morgan fingerprint density at radius 2 is 0.842 bits per heavy atom. The Bertz CT molecular complexity index is 392. The molecule has 0 fully saturated rings. The van der Waals surface area contributed by atoms with Crippen LogP contribution in [-0.4, -0.2) is 0 Å². The van der Waals surface area contributed by atoms with E-state index in [2.05, 4.69) is 0 Å². The molecular formula is C16H24N2O. The number of anilines is 2. The predicted octanol–water partition coefficient (Wildman–Crippen LogP) is 4.70. The Morgan fingerprint density at radius 3 is 1.11 bits per heavy atom. The molecule has 3 nitrogen and oxygen atoms in total. The lowest BCUT2D eigenvalue weighted by Gasteiger charge is -2.05. The first kappa shape index (κ1) is 16.8. The maximum absolute atomic E-state index is 5.58. The van der Waals surface area contributed by atoms with Crippen molar-refractivity contribution in [3.63, 3.8) is 0 Å². The number of nitrogens with two attached hydrogens (primary N) is 2. The van der Waals surface area contributed by atoms with Crippen molar-refractivity contribution in [2.75, 3.05) is 11.5 Å². The third kappa shape index (κ3) is 6.36. The molecule has 2 aromatic carbocycles. The predicted molar refractivity (Wildman–Crippen MR) is 84.5 cm³/mol. The zero-order chi connectivity index (χ0) is 14.7. The van der Waals surface area contributed by atoms with Crippen molar-refractivity contribution in [3.05, 3.63) is 48.5 Å². The van der Waals surface area contributed by atoms with Crippen molar-refractivity contribution in [3.8, 4) is 11.5 Å². The first-order valence-corrected chi connectivity index (χ1v) is 6.63. The highest BCUT2D eigenvalue weighted by atomic mass is 16.5. The maximum atomic E-state index is 5.58. The zero-order valence-corrected chi connectivity index (χ0v) is 12.2. The summed E-state index contributed by atoms with van der Waals surface area (Å²) in [5, 5.41) is 0. The second-order valence-corrected chi connectivity index (χ2v) is 3.24. The maximum Gasteiger partial charge on any atom is 0.127 e. The van der Waals surface area contributed by atoms with Gasteiger partial charge in [0.15, 0.2) is 0 Å². The third-order valence-corrected chi connectivity index (χ3v) is 2.00. The van der Waals surface area contributed by atoms with Crippen LogP contribution in [0.2, 0.25) is 0 Å². The van der Waals surface area contributed by atoms with Crippen LogP contribution in [0.3, 0.4) is 0 Å². The minimum atomic E-state index is 0.722. The van der Waals surface area contributed by atoms with Crippen molar-refractivity contribution in [1.29, 1.82) is 0 Å². The van der Waals surface area contributed by atoms with Gasteiger partial charge in [0.25, 0.3) is 0 Å². The highest BCUT2D eigenvalue weighted by Gasteiger charge is 1.96. The fourth-order valence-corrected chi connectivity index (χ4v) is 1.21. The Balaban J connectivity index is 0.000000741. The van der Waals surface area contributed by atoms with Crippen molar-refractivity contribution < 1.29 is 4.74 Å². The normalized spacial score (nSPS) is 8.42. The molecule has 19 heavy (non-hydrogen) atoms. The van der Waals surface area contributed by atoms with E-state index in [0.717, 1.165) is 22.9 Å². The van der Waals surface area contributed by atoms with Gasteiger partial charge in [-0.1, -0.05) is 27.7 Å². The van der Waals surface area contributed by atoms with E-state index in [9.17, 15) is 0 Å². The summed E-state index contributed by atoms with van der Waals surface area (Å²) >= 11 is 0. The van der Waals surface area contributed by atoms with Crippen LogP contribution in [0.1, 0.15) is 27.7 Å². The molecule has 0 aliphatic carbocycles. The smallest absolute Gasteiger partial charge is 0.127 e. The number of benzene rings is 2. The summed E-state index contributed by atoms with van der Waals surface area (Å²) < 4.78 is 5.58. The van der Waals surface area contributed by atoms with E-state index in [1.54, 1.807) is 24.3 Å². The number of ether oxygens (including phenoxy) is 1. The average Bonchev–Trinajstić information content (AvgIpc) is 2.48. The summed E-state index contributed by atoms with van der Waals surface area (Å²) in [7, 11) is 0. The molecule has 0 atom stereocenters. The fraction of sp³-hybridized carbons (Fsp3) is 0.250. The van der Waals surface area contributed by atoms with Crippen LogP contribution in [0.25, 0.3) is 0 Å². The highest BCUT2D eigenvalue weighted by Crippen LogP contribution is 2.22. The monoisotopic (exact) mass is 260 g/mol. The first-order chi connectivity index (χ1) is 9.24. The molecule has 0 saturated heterocycles. The van der Waals surface area contributed by atoms with Gasteiger partial charge in [-0.15, -0.1) is 0 Å². The average molecular weight is 260 g/mol. The lowest BCUT2D eigenvalue weighted by atomic mass is 10.3. The van der Waals surface area contributed by atoms with Crippen LogP contribution < -0.4 is 16.2 Å². The van der Waals surface area contributed by atoms with Crippen LogP contribution in [0.5, 0.6) is 11.5 Å². The Kier molecular flexibility index (Phi) is 8.71. The molecule has 0 radical (unpaired) electrons.